The highest BCUT2D eigenvalue weighted by Gasteiger charge is 2.30. The van der Waals surface area contributed by atoms with Crippen LogP contribution < -0.4 is 0 Å². The van der Waals surface area contributed by atoms with Crippen LogP contribution in [0.4, 0.5) is 0 Å². The van der Waals surface area contributed by atoms with Crippen molar-refractivity contribution in [3.05, 3.63) is 0 Å². The minimum Gasteiger partial charge on any atom is -0.462 e. The van der Waals surface area contributed by atoms with Crippen LogP contribution >= 0.6 is 15.6 Å². The largest absolute Gasteiger partial charge is 0.472 e. The average molecular weight is 1470 g/mol. The molecule has 0 aliphatic rings. The fourth-order valence-corrected chi connectivity index (χ4v) is 14.0. The van der Waals surface area contributed by atoms with Crippen LogP contribution in [0.2, 0.25) is 0 Å². The third kappa shape index (κ3) is 71.7. The van der Waals surface area contributed by atoms with Gasteiger partial charge in [0.2, 0.25) is 0 Å². The highest BCUT2D eigenvalue weighted by Crippen LogP contribution is 2.45. The van der Waals surface area contributed by atoms with E-state index in [0.29, 0.717) is 25.7 Å². The van der Waals surface area contributed by atoms with E-state index in [-0.39, 0.29) is 25.7 Å². The molecule has 0 spiro atoms. The first-order valence-electron chi connectivity index (χ1n) is 41.9. The van der Waals surface area contributed by atoms with Gasteiger partial charge in [0, 0.05) is 25.7 Å². The number of phosphoric ester groups is 2. The number of ether oxygens (including phenoxy) is 4. The monoisotopic (exact) mass is 1470 g/mol. The Morgan fingerprint density at radius 2 is 0.510 bits per heavy atom. The molecule has 0 radical (unpaired) electrons. The third-order valence-electron chi connectivity index (χ3n) is 19.6. The molecule has 0 fully saturated rings. The Balaban J connectivity index is 5.26. The second-order valence-corrected chi connectivity index (χ2v) is 33.0. The number of aliphatic hydroxyl groups excluding tert-OH is 1. The van der Waals surface area contributed by atoms with E-state index in [1.54, 1.807) is 0 Å². The number of carbonyl (C=O) groups excluding carboxylic acids is 4. The van der Waals surface area contributed by atoms with E-state index in [0.717, 1.165) is 108 Å². The number of esters is 4. The summed E-state index contributed by atoms with van der Waals surface area (Å²) in [5.41, 5.74) is 0. The van der Waals surface area contributed by atoms with E-state index in [4.69, 9.17) is 37.0 Å². The lowest BCUT2D eigenvalue weighted by Crippen LogP contribution is -2.30. The lowest BCUT2D eigenvalue weighted by Gasteiger charge is -2.21. The van der Waals surface area contributed by atoms with Gasteiger partial charge in [-0.2, -0.15) is 0 Å². The molecule has 17 nitrogen and oxygen atoms in total. The zero-order valence-corrected chi connectivity index (χ0v) is 67.5. The Kier molecular flexibility index (Phi) is 69.9. The summed E-state index contributed by atoms with van der Waals surface area (Å²) in [6.45, 7) is 12.0. The van der Waals surface area contributed by atoms with E-state index in [9.17, 15) is 43.2 Å². The van der Waals surface area contributed by atoms with E-state index in [2.05, 4.69) is 48.5 Å². The first-order chi connectivity index (χ1) is 48.3. The number of rotatable bonds is 79. The minimum atomic E-state index is -4.96. The first-order valence-corrected chi connectivity index (χ1v) is 44.9. The maximum atomic E-state index is 13.1. The molecule has 0 aliphatic carbocycles. The van der Waals surface area contributed by atoms with Crippen molar-refractivity contribution < 1.29 is 80.2 Å². The maximum absolute atomic E-state index is 13.1. The van der Waals surface area contributed by atoms with Gasteiger partial charge in [0.05, 0.1) is 26.4 Å². The normalized spacial score (nSPS) is 14.5. The SMILES string of the molecule is CCCCCCCCCCCCCCCCCCCCC(=O)OC[C@H](COP(=O)(O)OC[C@@H](O)COP(=O)(O)OC[C@@H](COC(=O)CCCCCCCCCCC(C)CC)OC(=O)CCCCCCCCCCC(C)CC)OC(=O)CCCCCCCCCCCCCCCCCC(C)C. The van der Waals surface area contributed by atoms with Crippen LogP contribution in [0.3, 0.4) is 0 Å². The van der Waals surface area contributed by atoms with Gasteiger partial charge in [0.1, 0.15) is 19.3 Å². The first kappa shape index (κ1) is 98.1. The molecular weight excluding hydrogens is 1310 g/mol. The molecule has 0 amide bonds. The molecule has 0 aromatic rings. The van der Waals surface area contributed by atoms with Crippen molar-refractivity contribution in [3.63, 3.8) is 0 Å². The molecule has 7 atom stereocenters. The highest BCUT2D eigenvalue weighted by molar-refractivity contribution is 7.47. The molecule has 0 saturated heterocycles. The second kappa shape index (κ2) is 71.3. The van der Waals surface area contributed by atoms with Gasteiger partial charge < -0.3 is 33.8 Å². The lowest BCUT2D eigenvalue weighted by molar-refractivity contribution is -0.161. The average Bonchev–Trinajstić information content (AvgIpc) is 0.917. The number of hydrogen-bond acceptors (Lipinski definition) is 15. The topological polar surface area (TPSA) is 237 Å². The van der Waals surface area contributed by atoms with Crippen molar-refractivity contribution in [3.8, 4) is 0 Å². The van der Waals surface area contributed by atoms with Crippen LogP contribution in [-0.2, 0) is 65.4 Å². The predicted octanol–water partition coefficient (Wildman–Crippen LogP) is 24.1. The molecule has 0 aromatic heterocycles. The molecule has 0 aromatic carbocycles. The summed E-state index contributed by atoms with van der Waals surface area (Å²) in [4.78, 5) is 73.0. The molecule has 4 unspecified atom stereocenters. The standard InChI is InChI=1S/C81H158O17P2/c1-8-11-12-13-14-15-16-17-18-19-20-23-26-29-32-41-48-55-62-78(83)91-68-76(97-80(85)64-57-50-43-33-30-27-24-21-22-25-28-31-38-45-52-59-72(4)5)70-95-99(87,88)93-66-75(82)67-94-100(89,90)96-71-77(98-81(86)65-58-51-44-37-35-40-47-54-61-74(7)10-3)69-92-79(84)63-56-49-42-36-34-39-46-53-60-73(6)9-2/h72-77,82H,8-71H2,1-7H3,(H,87,88)(H,89,90)/t73?,74?,75-,76-,77-/m1/s1. The second-order valence-electron chi connectivity index (χ2n) is 30.1. The van der Waals surface area contributed by atoms with Gasteiger partial charge in [-0.15, -0.1) is 0 Å². The van der Waals surface area contributed by atoms with Crippen LogP contribution in [0.15, 0.2) is 0 Å². The van der Waals surface area contributed by atoms with E-state index < -0.39 is 97.5 Å². The van der Waals surface area contributed by atoms with Crippen LogP contribution in [0, 0.1) is 17.8 Å². The highest BCUT2D eigenvalue weighted by atomic mass is 31.2. The zero-order chi connectivity index (χ0) is 73.7. The van der Waals surface area contributed by atoms with Crippen molar-refractivity contribution in [1.82, 2.24) is 0 Å². The van der Waals surface area contributed by atoms with Gasteiger partial charge in [-0.1, -0.05) is 370 Å². The van der Waals surface area contributed by atoms with Crippen molar-refractivity contribution in [1.29, 1.82) is 0 Å². The summed E-state index contributed by atoms with van der Waals surface area (Å²) < 4.78 is 68.7. The fourth-order valence-electron chi connectivity index (χ4n) is 12.4. The summed E-state index contributed by atoms with van der Waals surface area (Å²) in [5.74, 6) is 0.237. The van der Waals surface area contributed by atoms with Gasteiger partial charge in [-0.05, 0) is 43.4 Å². The molecule has 0 saturated carbocycles. The molecule has 3 N–H and O–H groups in total. The summed E-state index contributed by atoms with van der Waals surface area (Å²) >= 11 is 0. The third-order valence-corrected chi connectivity index (χ3v) is 21.5. The van der Waals surface area contributed by atoms with Crippen molar-refractivity contribution in [2.45, 2.75) is 439 Å². The van der Waals surface area contributed by atoms with E-state index in [1.807, 2.05) is 0 Å². The Bertz CT molecular complexity index is 1940. The quantitative estimate of drug-likeness (QED) is 0.0222. The smallest absolute Gasteiger partial charge is 0.462 e. The Hall–Kier alpha value is -1.94. The van der Waals surface area contributed by atoms with Crippen LogP contribution in [0.1, 0.15) is 421 Å². The molecule has 19 heteroatoms. The molecule has 0 rings (SSSR count). The number of hydrogen-bond donors (Lipinski definition) is 3. The van der Waals surface area contributed by atoms with Gasteiger partial charge in [-0.3, -0.25) is 37.3 Å². The molecule has 594 valence electrons. The summed E-state index contributed by atoms with van der Waals surface area (Å²) in [6.07, 6.45) is 59.6. The van der Waals surface area contributed by atoms with Crippen molar-refractivity contribution >= 4 is 39.5 Å². The number of aliphatic hydroxyl groups is 1. The summed E-state index contributed by atoms with van der Waals surface area (Å²) in [6, 6.07) is 0. The van der Waals surface area contributed by atoms with E-state index in [1.165, 1.54) is 231 Å². The number of phosphoric acid groups is 2. The molecule has 0 heterocycles. The summed E-state index contributed by atoms with van der Waals surface area (Å²) in [5, 5.41) is 10.6. The predicted molar refractivity (Wildman–Crippen MR) is 409 cm³/mol. The Morgan fingerprint density at radius 3 is 0.760 bits per heavy atom. The Morgan fingerprint density at radius 1 is 0.290 bits per heavy atom. The Labute approximate surface area is 613 Å². The molecule has 100 heavy (non-hydrogen) atoms. The number of unbranched alkanes of at least 4 members (excludes halogenated alkanes) is 45. The van der Waals surface area contributed by atoms with Crippen LogP contribution in [0.25, 0.3) is 0 Å². The van der Waals surface area contributed by atoms with Crippen molar-refractivity contribution in [2.75, 3.05) is 39.6 Å². The van der Waals surface area contributed by atoms with Gasteiger partial charge in [0.25, 0.3) is 0 Å². The number of carbonyl (C=O) groups is 4. The maximum Gasteiger partial charge on any atom is 0.472 e. The van der Waals surface area contributed by atoms with Gasteiger partial charge in [-0.25, -0.2) is 9.13 Å². The van der Waals surface area contributed by atoms with Gasteiger partial charge >= 0.3 is 39.5 Å². The summed E-state index contributed by atoms with van der Waals surface area (Å²) in [7, 11) is -9.92. The zero-order valence-electron chi connectivity index (χ0n) is 65.7. The van der Waals surface area contributed by atoms with Gasteiger partial charge in [0.15, 0.2) is 12.2 Å². The molecule has 0 aliphatic heterocycles. The van der Waals surface area contributed by atoms with Crippen LogP contribution in [-0.4, -0.2) is 96.7 Å². The lowest BCUT2D eigenvalue weighted by atomic mass is 9.99. The van der Waals surface area contributed by atoms with Crippen LogP contribution in [0.5, 0.6) is 0 Å². The fraction of sp³-hybridized carbons (Fsp3) is 0.951. The molecule has 0 bridgehead atoms. The van der Waals surface area contributed by atoms with E-state index >= 15 is 0 Å². The van der Waals surface area contributed by atoms with Crippen molar-refractivity contribution in [2.24, 2.45) is 17.8 Å². The molecular formula is C81H158O17P2. The minimum absolute atomic E-state index is 0.105.